The van der Waals surface area contributed by atoms with E-state index in [1.54, 1.807) is 0 Å². The van der Waals surface area contributed by atoms with E-state index in [-0.39, 0.29) is 24.5 Å². The second-order valence-electron chi connectivity index (χ2n) is 7.61. The molecule has 0 bridgehead atoms. The lowest BCUT2D eigenvalue weighted by atomic mass is 9.94. The van der Waals surface area contributed by atoms with Crippen molar-refractivity contribution in [2.75, 3.05) is 25.0 Å². The third kappa shape index (κ3) is 7.23. The predicted molar refractivity (Wildman–Crippen MR) is 109 cm³/mol. The third-order valence-electron chi connectivity index (χ3n) is 5.11. The van der Waals surface area contributed by atoms with Crippen LogP contribution in [0.4, 0.5) is 36.8 Å². The van der Waals surface area contributed by atoms with Gasteiger partial charge < -0.3 is 4.74 Å². The van der Waals surface area contributed by atoms with Gasteiger partial charge in [-0.3, -0.25) is 10.2 Å². The second kappa shape index (κ2) is 10.2. The Balaban J connectivity index is 1.65. The van der Waals surface area contributed by atoms with Gasteiger partial charge in [-0.05, 0) is 55.8 Å². The number of alkyl halides is 6. The predicted octanol–water partition coefficient (Wildman–Crippen LogP) is 6.11. The number of nitrogens with zero attached hydrogens (tertiary/aromatic N) is 2. The number of hydrogen-bond donors (Lipinski definition) is 1. The minimum atomic E-state index is -4.83. The molecule has 33 heavy (non-hydrogen) atoms. The Hall–Kier alpha value is -2.53. The van der Waals surface area contributed by atoms with Crippen LogP contribution in [-0.2, 0) is 10.9 Å². The molecule has 5 nitrogen and oxygen atoms in total. The molecule has 1 amide bonds. The third-order valence-corrected chi connectivity index (χ3v) is 5.37. The van der Waals surface area contributed by atoms with Crippen molar-refractivity contribution in [3.63, 3.8) is 0 Å². The number of carbonyl (C=O) groups excluding carboxylic acids is 1. The number of rotatable bonds is 5. The van der Waals surface area contributed by atoms with Crippen molar-refractivity contribution in [2.24, 2.45) is 0 Å². The van der Waals surface area contributed by atoms with Crippen LogP contribution >= 0.6 is 11.6 Å². The van der Waals surface area contributed by atoms with E-state index < -0.39 is 42.7 Å². The fourth-order valence-electron chi connectivity index (χ4n) is 3.55. The summed E-state index contributed by atoms with van der Waals surface area (Å²) in [4.78, 5) is 17.1. The summed E-state index contributed by atoms with van der Waals surface area (Å²) >= 11 is 5.73. The molecular formula is C21H20ClF6N3O2. The van der Waals surface area contributed by atoms with Crippen molar-refractivity contribution in [1.82, 2.24) is 9.88 Å². The first kappa shape index (κ1) is 25.1. The van der Waals surface area contributed by atoms with E-state index in [0.717, 1.165) is 6.07 Å². The minimum Gasteiger partial charge on any atom is -0.435 e. The maximum absolute atomic E-state index is 13.5. The average molecular weight is 496 g/mol. The molecule has 1 unspecified atom stereocenters. The standard InChI is InChI=1S/C21H20ClF6N3O2/c22-14-6-8-15(9-7-14)29-19(32)33-18(21(26,27)28)12-31-10-2-3-13(11-31)16-4-1-5-17(30-16)20(23,24)25/h1,4-9,13,18H,2-3,10-12H2,(H,29,32)/t13?,18-/m0/s1. The Bertz CT molecular complexity index is 952. The number of halogens is 7. The molecule has 1 saturated heterocycles. The molecule has 0 aliphatic carbocycles. The summed E-state index contributed by atoms with van der Waals surface area (Å²) in [5, 5.41) is 2.60. The van der Waals surface area contributed by atoms with Crippen molar-refractivity contribution in [2.45, 2.75) is 37.2 Å². The summed E-state index contributed by atoms with van der Waals surface area (Å²) in [6.45, 7) is -0.305. The van der Waals surface area contributed by atoms with E-state index in [4.69, 9.17) is 11.6 Å². The highest BCUT2D eigenvalue weighted by Crippen LogP contribution is 2.32. The molecule has 180 valence electrons. The fraction of sp³-hybridized carbons (Fsp3) is 0.429. The van der Waals surface area contributed by atoms with Gasteiger partial charge in [0.2, 0.25) is 6.10 Å². The number of aromatic nitrogens is 1. The van der Waals surface area contributed by atoms with Gasteiger partial charge in [0.25, 0.3) is 0 Å². The summed E-state index contributed by atoms with van der Waals surface area (Å²) in [5.74, 6) is -0.474. The number of ether oxygens (including phenoxy) is 1. The minimum absolute atomic E-state index is 0.0586. The molecule has 1 aromatic heterocycles. The van der Waals surface area contributed by atoms with E-state index in [9.17, 15) is 31.1 Å². The van der Waals surface area contributed by atoms with E-state index in [2.05, 4.69) is 15.0 Å². The van der Waals surface area contributed by atoms with Gasteiger partial charge in [0.1, 0.15) is 5.69 Å². The topological polar surface area (TPSA) is 54.5 Å². The molecule has 3 rings (SSSR count). The summed E-state index contributed by atoms with van der Waals surface area (Å²) < 4.78 is 84.1. The van der Waals surface area contributed by atoms with Crippen LogP contribution in [0.5, 0.6) is 0 Å². The lowest BCUT2D eigenvalue weighted by Gasteiger charge is -2.35. The van der Waals surface area contributed by atoms with E-state index in [1.165, 1.54) is 41.3 Å². The number of piperidine rings is 1. The van der Waals surface area contributed by atoms with Crippen molar-refractivity contribution < 1.29 is 35.9 Å². The summed E-state index contributed by atoms with van der Waals surface area (Å²) in [5.41, 5.74) is -0.675. The van der Waals surface area contributed by atoms with Crippen LogP contribution in [0.15, 0.2) is 42.5 Å². The summed E-state index contributed by atoms with van der Waals surface area (Å²) in [6, 6.07) is 9.22. The molecule has 2 aromatic rings. The zero-order valence-corrected chi connectivity index (χ0v) is 17.8. The van der Waals surface area contributed by atoms with E-state index in [0.29, 0.717) is 17.9 Å². The molecule has 1 fully saturated rings. The van der Waals surface area contributed by atoms with Crippen LogP contribution in [0.1, 0.15) is 30.1 Å². The molecule has 1 aliphatic heterocycles. The molecule has 1 N–H and O–H groups in total. The van der Waals surface area contributed by atoms with Gasteiger partial charge in [-0.2, -0.15) is 26.3 Å². The Morgan fingerprint density at radius 1 is 1.15 bits per heavy atom. The number of anilines is 1. The maximum atomic E-state index is 13.5. The monoisotopic (exact) mass is 495 g/mol. The van der Waals surface area contributed by atoms with Gasteiger partial charge in [-0.25, -0.2) is 9.78 Å². The SMILES string of the molecule is O=C(Nc1ccc(Cl)cc1)O[C@@H](CN1CCCC(c2cccc(C(F)(F)F)n2)C1)C(F)(F)F. The van der Waals surface area contributed by atoms with Gasteiger partial charge in [0.05, 0.1) is 0 Å². The zero-order chi connectivity index (χ0) is 24.2. The van der Waals surface area contributed by atoms with Gasteiger partial charge in [-0.15, -0.1) is 0 Å². The van der Waals surface area contributed by atoms with Crippen molar-refractivity contribution in [1.29, 1.82) is 0 Å². The van der Waals surface area contributed by atoms with Crippen molar-refractivity contribution >= 4 is 23.4 Å². The van der Waals surface area contributed by atoms with Crippen molar-refractivity contribution in [3.8, 4) is 0 Å². The van der Waals surface area contributed by atoms with Crippen LogP contribution in [0.3, 0.4) is 0 Å². The highest BCUT2D eigenvalue weighted by molar-refractivity contribution is 6.30. The Kier molecular flexibility index (Phi) is 7.73. The van der Waals surface area contributed by atoms with Crippen LogP contribution in [0.25, 0.3) is 0 Å². The number of hydrogen-bond acceptors (Lipinski definition) is 4. The number of nitrogens with one attached hydrogen (secondary N) is 1. The van der Waals surface area contributed by atoms with Gasteiger partial charge in [0, 0.05) is 35.4 Å². The Morgan fingerprint density at radius 3 is 2.48 bits per heavy atom. The lowest BCUT2D eigenvalue weighted by molar-refractivity contribution is -0.207. The molecule has 2 atom stereocenters. The molecule has 0 radical (unpaired) electrons. The number of amides is 1. The molecule has 1 aromatic carbocycles. The molecule has 1 aliphatic rings. The first-order chi connectivity index (χ1) is 15.4. The summed E-state index contributed by atoms with van der Waals surface area (Å²) in [6.07, 6.45) is -12.2. The second-order valence-corrected chi connectivity index (χ2v) is 8.05. The lowest BCUT2D eigenvalue weighted by Crippen LogP contribution is -2.47. The molecule has 2 heterocycles. The van der Waals surface area contributed by atoms with Crippen LogP contribution in [-0.4, -0.2) is 47.9 Å². The normalized spacial score (nSPS) is 18.6. The highest BCUT2D eigenvalue weighted by atomic mass is 35.5. The number of likely N-dealkylation sites (tertiary alicyclic amines) is 1. The molecule has 0 saturated carbocycles. The summed E-state index contributed by atoms with van der Waals surface area (Å²) in [7, 11) is 0. The Morgan fingerprint density at radius 2 is 1.85 bits per heavy atom. The number of benzene rings is 1. The average Bonchev–Trinajstić information content (AvgIpc) is 2.74. The van der Waals surface area contributed by atoms with Crippen LogP contribution < -0.4 is 5.32 Å². The van der Waals surface area contributed by atoms with Crippen LogP contribution in [0.2, 0.25) is 5.02 Å². The molecule has 12 heteroatoms. The molecular weight excluding hydrogens is 476 g/mol. The molecule has 0 spiro atoms. The van der Waals surface area contributed by atoms with Crippen molar-refractivity contribution in [3.05, 3.63) is 58.9 Å². The largest absolute Gasteiger partial charge is 0.435 e. The van der Waals surface area contributed by atoms with Gasteiger partial charge >= 0.3 is 18.4 Å². The Labute approximate surface area is 190 Å². The van der Waals surface area contributed by atoms with Gasteiger partial charge in [0.15, 0.2) is 0 Å². The van der Waals surface area contributed by atoms with E-state index >= 15 is 0 Å². The number of pyridine rings is 1. The first-order valence-corrected chi connectivity index (χ1v) is 10.4. The maximum Gasteiger partial charge on any atom is 0.433 e. The smallest absolute Gasteiger partial charge is 0.433 e. The number of carbonyl (C=O) groups is 1. The highest BCUT2D eigenvalue weighted by Gasteiger charge is 2.44. The van der Waals surface area contributed by atoms with Crippen LogP contribution in [0, 0.1) is 0 Å². The zero-order valence-electron chi connectivity index (χ0n) is 17.1. The first-order valence-electron chi connectivity index (χ1n) is 9.98. The fourth-order valence-corrected chi connectivity index (χ4v) is 3.68. The van der Waals surface area contributed by atoms with E-state index in [1.807, 2.05) is 0 Å². The van der Waals surface area contributed by atoms with Gasteiger partial charge in [-0.1, -0.05) is 17.7 Å². The quantitative estimate of drug-likeness (QED) is 0.508.